The van der Waals surface area contributed by atoms with Crippen LogP contribution < -0.4 is 10.6 Å². The molecule has 2 N–H and O–H groups in total. The highest BCUT2D eigenvalue weighted by Gasteiger charge is 2.01. The Labute approximate surface area is 99.6 Å². The molecule has 0 fully saturated rings. The van der Waals surface area contributed by atoms with Crippen LogP contribution in [0.1, 0.15) is 11.3 Å². The third-order valence-electron chi connectivity index (χ3n) is 2.30. The van der Waals surface area contributed by atoms with Gasteiger partial charge in [0.1, 0.15) is 5.76 Å². The minimum Gasteiger partial charge on any atom is -0.467 e. The molecule has 0 spiro atoms. The summed E-state index contributed by atoms with van der Waals surface area (Å²) < 4.78 is 5.10. The van der Waals surface area contributed by atoms with Crippen molar-refractivity contribution >= 4 is 6.03 Å². The van der Waals surface area contributed by atoms with Gasteiger partial charge < -0.3 is 15.1 Å². The summed E-state index contributed by atoms with van der Waals surface area (Å²) in [6.45, 7) is 0.915. The van der Waals surface area contributed by atoms with E-state index in [4.69, 9.17) is 4.42 Å². The van der Waals surface area contributed by atoms with Gasteiger partial charge in [-0.15, -0.1) is 0 Å². The monoisotopic (exact) mass is 230 g/mol. The summed E-state index contributed by atoms with van der Waals surface area (Å²) in [5.41, 5.74) is 1.07. The molecule has 1 heterocycles. The Morgan fingerprint density at radius 1 is 1.00 bits per heavy atom. The Kier molecular flexibility index (Phi) is 3.81. The number of carbonyl (C=O) groups excluding carboxylic acids is 1. The van der Waals surface area contributed by atoms with Crippen LogP contribution >= 0.6 is 0 Å². The van der Waals surface area contributed by atoms with Gasteiger partial charge in [-0.2, -0.15) is 0 Å². The van der Waals surface area contributed by atoms with Crippen molar-refractivity contribution in [3.8, 4) is 0 Å². The van der Waals surface area contributed by atoms with Crippen molar-refractivity contribution in [1.29, 1.82) is 0 Å². The number of hydrogen-bond acceptors (Lipinski definition) is 2. The summed E-state index contributed by atoms with van der Waals surface area (Å²) in [5.74, 6) is 0.736. The first-order chi connectivity index (χ1) is 8.34. The van der Waals surface area contributed by atoms with E-state index in [1.165, 1.54) is 0 Å². The second-order valence-corrected chi connectivity index (χ2v) is 3.60. The quantitative estimate of drug-likeness (QED) is 0.846. The highest BCUT2D eigenvalue weighted by Crippen LogP contribution is 1.99. The third kappa shape index (κ3) is 3.68. The molecule has 88 valence electrons. The van der Waals surface area contributed by atoms with Gasteiger partial charge in [-0.1, -0.05) is 30.3 Å². The molecule has 0 aliphatic rings. The Morgan fingerprint density at radius 3 is 2.47 bits per heavy atom. The fourth-order valence-corrected chi connectivity index (χ4v) is 1.42. The first-order valence-electron chi connectivity index (χ1n) is 5.42. The summed E-state index contributed by atoms with van der Waals surface area (Å²) >= 11 is 0. The molecular formula is C13H14N2O2. The number of furan rings is 1. The van der Waals surface area contributed by atoms with E-state index in [0.29, 0.717) is 13.1 Å². The van der Waals surface area contributed by atoms with Crippen molar-refractivity contribution < 1.29 is 9.21 Å². The molecule has 1 aromatic carbocycles. The second kappa shape index (κ2) is 5.75. The van der Waals surface area contributed by atoms with Crippen LogP contribution in [0.2, 0.25) is 0 Å². The lowest BCUT2D eigenvalue weighted by atomic mass is 10.2. The zero-order valence-corrected chi connectivity index (χ0v) is 9.35. The van der Waals surface area contributed by atoms with E-state index in [1.54, 1.807) is 12.3 Å². The van der Waals surface area contributed by atoms with Crippen LogP contribution in [0.25, 0.3) is 0 Å². The van der Waals surface area contributed by atoms with Gasteiger partial charge in [0.2, 0.25) is 0 Å². The van der Waals surface area contributed by atoms with E-state index in [1.807, 2.05) is 36.4 Å². The number of nitrogens with one attached hydrogen (secondary N) is 2. The summed E-state index contributed by atoms with van der Waals surface area (Å²) in [7, 11) is 0. The summed E-state index contributed by atoms with van der Waals surface area (Å²) in [6, 6.07) is 13.2. The van der Waals surface area contributed by atoms with Gasteiger partial charge in [-0.3, -0.25) is 0 Å². The van der Waals surface area contributed by atoms with Crippen molar-refractivity contribution in [2.45, 2.75) is 13.1 Å². The lowest BCUT2D eigenvalue weighted by Crippen LogP contribution is -2.34. The maximum Gasteiger partial charge on any atom is 0.315 e. The highest BCUT2D eigenvalue weighted by molar-refractivity contribution is 5.73. The molecule has 4 heteroatoms. The summed E-state index contributed by atoms with van der Waals surface area (Å²) in [4.78, 5) is 11.4. The van der Waals surface area contributed by atoms with Gasteiger partial charge in [0.05, 0.1) is 12.8 Å². The largest absolute Gasteiger partial charge is 0.467 e. The first-order valence-corrected chi connectivity index (χ1v) is 5.42. The number of benzene rings is 1. The fraction of sp³-hybridized carbons (Fsp3) is 0.154. The van der Waals surface area contributed by atoms with Crippen molar-refractivity contribution in [3.05, 3.63) is 60.1 Å². The van der Waals surface area contributed by atoms with Crippen molar-refractivity contribution in [1.82, 2.24) is 10.6 Å². The number of urea groups is 1. The van der Waals surface area contributed by atoms with E-state index < -0.39 is 0 Å². The van der Waals surface area contributed by atoms with E-state index in [9.17, 15) is 4.79 Å². The van der Waals surface area contributed by atoms with Crippen LogP contribution in [0.4, 0.5) is 4.79 Å². The zero-order chi connectivity index (χ0) is 11.9. The Morgan fingerprint density at radius 2 is 1.76 bits per heavy atom. The van der Waals surface area contributed by atoms with Crippen LogP contribution in [-0.2, 0) is 13.1 Å². The predicted molar refractivity (Wildman–Crippen MR) is 64.2 cm³/mol. The topological polar surface area (TPSA) is 54.3 Å². The molecule has 0 saturated heterocycles. The van der Waals surface area contributed by atoms with Crippen LogP contribution in [0.15, 0.2) is 53.1 Å². The van der Waals surface area contributed by atoms with E-state index in [-0.39, 0.29) is 6.03 Å². The average Bonchev–Trinajstić information content (AvgIpc) is 2.88. The summed E-state index contributed by atoms with van der Waals surface area (Å²) in [5, 5.41) is 5.48. The lowest BCUT2D eigenvalue weighted by molar-refractivity contribution is 0.239. The molecule has 0 atom stereocenters. The van der Waals surface area contributed by atoms with Gasteiger partial charge in [-0.05, 0) is 17.7 Å². The van der Waals surface area contributed by atoms with Crippen molar-refractivity contribution in [2.24, 2.45) is 0 Å². The normalized spacial score (nSPS) is 9.88. The maximum atomic E-state index is 11.4. The van der Waals surface area contributed by atoms with Crippen LogP contribution in [-0.4, -0.2) is 6.03 Å². The third-order valence-corrected chi connectivity index (χ3v) is 2.30. The van der Waals surface area contributed by atoms with Crippen molar-refractivity contribution in [2.75, 3.05) is 0 Å². The molecule has 2 amide bonds. The van der Waals surface area contributed by atoms with Crippen LogP contribution in [0, 0.1) is 0 Å². The van der Waals surface area contributed by atoms with Gasteiger partial charge in [0, 0.05) is 6.54 Å². The van der Waals surface area contributed by atoms with Gasteiger partial charge >= 0.3 is 6.03 Å². The molecule has 0 aliphatic heterocycles. The smallest absolute Gasteiger partial charge is 0.315 e. The molecule has 0 aliphatic carbocycles. The zero-order valence-electron chi connectivity index (χ0n) is 9.35. The molecule has 2 aromatic rings. The van der Waals surface area contributed by atoms with Gasteiger partial charge in [0.15, 0.2) is 0 Å². The first kappa shape index (κ1) is 11.3. The predicted octanol–water partition coefficient (Wildman–Crippen LogP) is 2.28. The average molecular weight is 230 g/mol. The van der Waals surface area contributed by atoms with E-state index >= 15 is 0 Å². The number of hydrogen-bond donors (Lipinski definition) is 2. The Bertz CT molecular complexity index is 452. The number of amides is 2. The molecule has 2 rings (SSSR count). The molecule has 4 nitrogen and oxygen atoms in total. The molecule has 0 saturated carbocycles. The minimum atomic E-state index is -0.203. The Hall–Kier alpha value is -2.23. The standard InChI is InChI=1S/C13H14N2O2/c16-13(15-10-12-7-4-8-17-12)14-9-11-5-2-1-3-6-11/h1-8H,9-10H2,(H2,14,15,16). The fourth-order valence-electron chi connectivity index (χ4n) is 1.42. The van der Waals surface area contributed by atoms with Gasteiger partial charge in [0.25, 0.3) is 0 Å². The molecule has 0 radical (unpaired) electrons. The number of rotatable bonds is 4. The van der Waals surface area contributed by atoms with Crippen LogP contribution in [0.3, 0.4) is 0 Å². The van der Waals surface area contributed by atoms with Crippen LogP contribution in [0.5, 0.6) is 0 Å². The van der Waals surface area contributed by atoms with E-state index in [2.05, 4.69) is 10.6 Å². The minimum absolute atomic E-state index is 0.203. The molecule has 0 bridgehead atoms. The summed E-state index contributed by atoms with van der Waals surface area (Å²) in [6.07, 6.45) is 1.58. The maximum absolute atomic E-state index is 11.4. The highest BCUT2D eigenvalue weighted by atomic mass is 16.3. The number of carbonyl (C=O) groups is 1. The van der Waals surface area contributed by atoms with Crippen molar-refractivity contribution in [3.63, 3.8) is 0 Å². The lowest BCUT2D eigenvalue weighted by Gasteiger charge is -2.06. The molecule has 0 unspecified atom stereocenters. The molecular weight excluding hydrogens is 216 g/mol. The molecule has 17 heavy (non-hydrogen) atoms. The second-order valence-electron chi connectivity index (χ2n) is 3.60. The van der Waals surface area contributed by atoms with Gasteiger partial charge in [-0.25, -0.2) is 4.79 Å². The van der Waals surface area contributed by atoms with E-state index in [0.717, 1.165) is 11.3 Å². The Balaban J connectivity index is 1.71. The molecule has 1 aromatic heterocycles. The SMILES string of the molecule is O=C(NCc1ccccc1)NCc1ccco1.